The molecule has 0 aliphatic carbocycles. The number of aryl methyl sites for hydroxylation is 1. The molecule has 3 rings (SSSR count). The summed E-state index contributed by atoms with van der Waals surface area (Å²) in [4.78, 5) is 38.1. The van der Waals surface area contributed by atoms with E-state index >= 15 is 0 Å². The summed E-state index contributed by atoms with van der Waals surface area (Å²) >= 11 is 0. The number of fused-ring (bicyclic) bond motifs is 1. The molecule has 1 amide bonds. The maximum atomic E-state index is 12.8. The molecule has 0 aromatic carbocycles. The van der Waals surface area contributed by atoms with Gasteiger partial charge in [-0.15, -0.1) is 0 Å². The lowest BCUT2D eigenvalue weighted by Gasteiger charge is -2.36. The van der Waals surface area contributed by atoms with E-state index in [0.717, 1.165) is 13.1 Å². The molecule has 2 aromatic heterocycles. The number of hydrogen-bond acceptors (Lipinski definition) is 5. The SMILES string of the molecule is CCn1c(=O)c(C(=O)N2CCN(C(C)C)CC2)nc2cccnc21. The summed E-state index contributed by atoms with van der Waals surface area (Å²) in [6, 6.07) is 4.00. The van der Waals surface area contributed by atoms with E-state index < -0.39 is 0 Å². The van der Waals surface area contributed by atoms with Gasteiger partial charge in [0.05, 0.1) is 0 Å². The lowest BCUT2D eigenvalue weighted by Crippen LogP contribution is -2.51. The third kappa shape index (κ3) is 2.91. The summed E-state index contributed by atoms with van der Waals surface area (Å²) in [6.45, 7) is 9.50. The third-order valence-electron chi connectivity index (χ3n) is 4.55. The first-order valence-electron chi connectivity index (χ1n) is 8.41. The Morgan fingerprint density at radius 3 is 2.58 bits per heavy atom. The quantitative estimate of drug-likeness (QED) is 0.839. The topological polar surface area (TPSA) is 71.3 Å². The van der Waals surface area contributed by atoms with Crippen molar-refractivity contribution in [2.24, 2.45) is 0 Å². The average Bonchev–Trinajstić information content (AvgIpc) is 2.60. The fourth-order valence-corrected chi connectivity index (χ4v) is 3.10. The van der Waals surface area contributed by atoms with Crippen molar-refractivity contribution in [3.05, 3.63) is 34.4 Å². The van der Waals surface area contributed by atoms with Gasteiger partial charge in [0.25, 0.3) is 11.5 Å². The summed E-state index contributed by atoms with van der Waals surface area (Å²) in [5.74, 6) is -0.281. The molecule has 1 aliphatic rings. The first kappa shape index (κ1) is 16.6. The predicted octanol–water partition coefficient (Wildman–Crippen LogP) is 0.978. The number of carbonyl (C=O) groups is 1. The molecular weight excluding hydrogens is 306 g/mol. The van der Waals surface area contributed by atoms with Crippen LogP contribution in [-0.4, -0.2) is 62.5 Å². The second-order valence-electron chi connectivity index (χ2n) is 6.28. The van der Waals surface area contributed by atoms with Gasteiger partial charge in [0.2, 0.25) is 0 Å². The monoisotopic (exact) mass is 329 g/mol. The number of nitrogens with zero attached hydrogens (tertiary/aromatic N) is 5. The van der Waals surface area contributed by atoms with E-state index in [0.29, 0.717) is 36.8 Å². The van der Waals surface area contributed by atoms with E-state index in [-0.39, 0.29) is 17.2 Å². The van der Waals surface area contributed by atoms with Crippen molar-refractivity contribution in [2.45, 2.75) is 33.4 Å². The van der Waals surface area contributed by atoms with Crippen LogP contribution in [0.15, 0.2) is 23.1 Å². The van der Waals surface area contributed by atoms with E-state index in [4.69, 9.17) is 0 Å². The number of aromatic nitrogens is 3. The van der Waals surface area contributed by atoms with Gasteiger partial charge in [-0.3, -0.25) is 19.1 Å². The smallest absolute Gasteiger partial charge is 0.283 e. The fourth-order valence-electron chi connectivity index (χ4n) is 3.10. The van der Waals surface area contributed by atoms with Gasteiger partial charge in [0.15, 0.2) is 11.3 Å². The Morgan fingerprint density at radius 1 is 1.25 bits per heavy atom. The van der Waals surface area contributed by atoms with Crippen molar-refractivity contribution in [3.63, 3.8) is 0 Å². The highest BCUT2D eigenvalue weighted by Gasteiger charge is 2.27. The Bertz CT molecular complexity index is 806. The predicted molar refractivity (Wildman–Crippen MR) is 92.1 cm³/mol. The standard InChI is InChI=1S/C17H23N5O2/c1-4-22-15-13(6-5-7-18-15)19-14(17(22)24)16(23)21-10-8-20(9-11-21)12(2)3/h5-7,12H,4,8-11H2,1-3H3. The molecule has 3 heterocycles. The molecule has 2 aromatic rings. The van der Waals surface area contributed by atoms with Crippen LogP contribution in [0, 0.1) is 0 Å². The number of pyridine rings is 1. The molecule has 128 valence electrons. The zero-order valence-corrected chi connectivity index (χ0v) is 14.4. The minimum Gasteiger partial charge on any atom is -0.335 e. The fraction of sp³-hybridized carbons (Fsp3) is 0.529. The number of rotatable bonds is 3. The van der Waals surface area contributed by atoms with E-state index in [2.05, 4.69) is 28.7 Å². The highest BCUT2D eigenvalue weighted by molar-refractivity contribution is 5.93. The molecule has 1 saturated heterocycles. The van der Waals surface area contributed by atoms with Crippen LogP contribution in [-0.2, 0) is 6.54 Å². The molecule has 0 spiro atoms. The van der Waals surface area contributed by atoms with Gasteiger partial charge in [-0.2, -0.15) is 0 Å². The lowest BCUT2D eigenvalue weighted by molar-refractivity contribution is 0.0588. The van der Waals surface area contributed by atoms with Gasteiger partial charge in [0.1, 0.15) is 5.52 Å². The molecule has 24 heavy (non-hydrogen) atoms. The molecule has 0 saturated carbocycles. The first-order chi connectivity index (χ1) is 11.5. The molecule has 7 heteroatoms. The number of hydrogen-bond donors (Lipinski definition) is 0. The second kappa shape index (κ2) is 6.68. The van der Waals surface area contributed by atoms with E-state index in [1.807, 2.05) is 6.92 Å². The Labute approximate surface area is 140 Å². The van der Waals surface area contributed by atoms with Gasteiger partial charge in [-0.05, 0) is 32.9 Å². The molecule has 1 aliphatic heterocycles. The molecule has 1 fully saturated rings. The molecule has 0 atom stereocenters. The summed E-state index contributed by atoms with van der Waals surface area (Å²) in [7, 11) is 0. The minimum absolute atomic E-state index is 0.00431. The van der Waals surface area contributed by atoms with Crippen LogP contribution >= 0.6 is 0 Å². The van der Waals surface area contributed by atoms with Gasteiger partial charge in [0, 0.05) is 45.0 Å². The van der Waals surface area contributed by atoms with Crippen LogP contribution in [0.2, 0.25) is 0 Å². The average molecular weight is 329 g/mol. The third-order valence-corrected chi connectivity index (χ3v) is 4.55. The van der Waals surface area contributed by atoms with Crippen LogP contribution in [0.4, 0.5) is 0 Å². The number of amides is 1. The van der Waals surface area contributed by atoms with E-state index in [1.54, 1.807) is 23.2 Å². The molecule has 0 bridgehead atoms. The van der Waals surface area contributed by atoms with Crippen molar-refractivity contribution in [1.82, 2.24) is 24.3 Å². The van der Waals surface area contributed by atoms with E-state index in [1.165, 1.54) is 4.57 Å². The zero-order chi connectivity index (χ0) is 17.3. The number of piperazine rings is 1. The van der Waals surface area contributed by atoms with Crippen molar-refractivity contribution in [1.29, 1.82) is 0 Å². The van der Waals surface area contributed by atoms with Crippen LogP contribution < -0.4 is 5.56 Å². The van der Waals surface area contributed by atoms with Gasteiger partial charge < -0.3 is 4.90 Å². The van der Waals surface area contributed by atoms with Crippen LogP contribution in [0.3, 0.4) is 0 Å². The molecule has 0 N–H and O–H groups in total. The van der Waals surface area contributed by atoms with Crippen molar-refractivity contribution in [2.75, 3.05) is 26.2 Å². The minimum atomic E-state index is -0.361. The molecular formula is C17H23N5O2. The van der Waals surface area contributed by atoms with Gasteiger partial charge in [-0.25, -0.2) is 9.97 Å². The normalized spacial score (nSPS) is 16.1. The summed E-state index contributed by atoms with van der Waals surface area (Å²) in [5, 5.41) is 0. The van der Waals surface area contributed by atoms with E-state index in [9.17, 15) is 9.59 Å². The summed E-state index contributed by atoms with van der Waals surface area (Å²) in [5.41, 5.74) is 0.727. The van der Waals surface area contributed by atoms with Gasteiger partial charge in [-0.1, -0.05) is 0 Å². The number of carbonyl (C=O) groups excluding carboxylic acids is 1. The summed E-state index contributed by atoms with van der Waals surface area (Å²) < 4.78 is 1.51. The molecule has 0 radical (unpaired) electrons. The van der Waals surface area contributed by atoms with Crippen molar-refractivity contribution in [3.8, 4) is 0 Å². The Kier molecular flexibility index (Phi) is 4.62. The Hall–Kier alpha value is -2.28. The Balaban J connectivity index is 1.93. The molecule has 0 unspecified atom stereocenters. The largest absolute Gasteiger partial charge is 0.335 e. The van der Waals surface area contributed by atoms with Crippen LogP contribution in [0.25, 0.3) is 11.2 Å². The van der Waals surface area contributed by atoms with Crippen molar-refractivity contribution < 1.29 is 4.79 Å². The maximum Gasteiger partial charge on any atom is 0.283 e. The van der Waals surface area contributed by atoms with Crippen molar-refractivity contribution >= 4 is 17.1 Å². The highest BCUT2D eigenvalue weighted by atomic mass is 16.2. The first-order valence-corrected chi connectivity index (χ1v) is 8.41. The second-order valence-corrected chi connectivity index (χ2v) is 6.28. The highest BCUT2D eigenvalue weighted by Crippen LogP contribution is 2.11. The van der Waals surface area contributed by atoms with Crippen LogP contribution in [0.5, 0.6) is 0 Å². The summed E-state index contributed by atoms with van der Waals surface area (Å²) in [6.07, 6.45) is 1.63. The zero-order valence-electron chi connectivity index (χ0n) is 14.4. The lowest BCUT2D eigenvalue weighted by atomic mass is 10.2. The Morgan fingerprint density at radius 2 is 1.96 bits per heavy atom. The maximum absolute atomic E-state index is 12.8. The van der Waals surface area contributed by atoms with Crippen LogP contribution in [0.1, 0.15) is 31.3 Å². The van der Waals surface area contributed by atoms with Gasteiger partial charge >= 0.3 is 0 Å². The molecule has 7 nitrogen and oxygen atoms in total.